The number of aliphatic carboxylic acids is 1. The zero-order chi connectivity index (χ0) is 12.1. The van der Waals surface area contributed by atoms with Gasteiger partial charge in [0, 0.05) is 6.08 Å². The number of aryl methyl sites for hydroxylation is 1. The van der Waals surface area contributed by atoms with Crippen LogP contribution in [0.2, 0.25) is 0 Å². The smallest absolute Gasteiger partial charge is 0.338 e. The molecule has 1 rings (SSSR count). The van der Waals surface area contributed by atoms with Crippen molar-refractivity contribution in [2.24, 2.45) is 0 Å². The van der Waals surface area contributed by atoms with Crippen molar-refractivity contribution in [1.82, 2.24) is 0 Å². The van der Waals surface area contributed by atoms with Gasteiger partial charge in [-0.05, 0) is 12.5 Å². The lowest BCUT2D eigenvalue weighted by molar-refractivity contribution is -0.135. The molecule has 1 aromatic carbocycles. The molecule has 0 fully saturated rings. The van der Waals surface area contributed by atoms with Crippen molar-refractivity contribution in [2.75, 3.05) is 7.11 Å². The highest BCUT2D eigenvalue weighted by Crippen LogP contribution is 2.17. The quantitative estimate of drug-likeness (QED) is 0.621. The minimum absolute atomic E-state index is 0.0405. The van der Waals surface area contributed by atoms with Crippen LogP contribution in [-0.2, 0) is 14.3 Å². The van der Waals surface area contributed by atoms with Gasteiger partial charge in [0.1, 0.15) is 0 Å². The summed E-state index contributed by atoms with van der Waals surface area (Å²) in [5.41, 5.74) is 1.52. The van der Waals surface area contributed by atoms with Crippen LogP contribution in [0.15, 0.2) is 30.3 Å². The Hall–Kier alpha value is -2.10. The summed E-state index contributed by atoms with van der Waals surface area (Å²) in [5, 5.41) is 8.67. The van der Waals surface area contributed by atoms with E-state index in [-0.39, 0.29) is 5.57 Å². The number of rotatable bonds is 3. The highest BCUT2D eigenvalue weighted by atomic mass is 16.5. The van der Waals surface area contributed by atoms with Crippen molar-refractivity contribution in [3.05, 3.63) is 41.5 Å². The number of carbonyl (C=O) groups excluding carboxylic acids is 1. The fourth-order valence-corrected chi connectivity index (χ4v) is 1.31. The van der Waals surface area contributed by atoms with Crippen molar-refractivity contribution in [2.45, 2.75) is 6.92 Å². The van der Waals surface area contributed by atoms with E-state index in [2.05, 4.69) is 4.74 Å². The normalized spacial score (nSPS) is 11.0. The van der Waals surface area contributed by atoms with Crippen LogP contribution in [0, 0.1) is 6.92 Å². The van der Waals surface area contributed by atoms with Gasteiger partial charge in [0.15, 0.2) is 0 Å². The second kappa shape index (κ2) is 5.11. The average molecular weight is 220 g/mol. The molecular weight excluding hydrogens is 208 g/mol. The van der Waals surface area contributed by atoms with Crippen LogP contribution in [0.5, 0.6) is 0 Å². The number of ether oxygens (including phenoxy) is 1. The monoisotopic (exact) mass is 220 g/mol. The Morgan fingerprint density at radius 3 is 2.56 bits per heavy atom. The number of methoxy groups -OCH3 is 1. The zero-order valence-electron chi connectivity index (χ0n) is 9.06. The largest absolute Gasteiger partial charge is 0.478 e. The Balaban J connectivity index is 3.21. The van der Waals surface area contributed by atoms with Crippen molar-refractivity contribution >= 4 is 17.5 Å². The molecule has 0 radical (unpaired) electrons. The number of carbonyl (C=O) groups is 2. The zero-order valence-corrected chi connectivity index (χ0v) is 9.06. The molecule has 1 N–H and O–H groups in total. The van der Waals surface area contributed by atoms with Gasteiger partial charge >= 0.3 is 11.9 Å². The molecule has 0 amide bonds. The Bertz CT molecular complexity index is 446. The van der Waals surface area contributed by atoms with Gasteiger partial charge in [-0.15, -0.1) is 0 Å². The lowest BCUT2D eigenvalue weighted by Crippen LogP contribution is -2.06. The second-order valence-corrected chi connectivity index (χ2v) is 3.26. The van der Waals surface area contributed by atoms with Crippen LogP contribution < -0.4 is 0 Å². The van der Waals surface area contributed by atoms with Gasteiger partial charge in [-0.1, -0.05) is 29.8 Å². The molecule has 0 spiro atoms. The van der Waals surface area contributed by atoms with Crippen LogP contribution in [-0.4, -0.2) is 24.2 Å². The number of hydrogen-bond donors (Lipinski definition) is 1. The van der Waals surface area contributed by atoms with E-state index in [0.29, 0.717) is 5.56 Å². The van der Waals surface area contributed by atoms with E-state index in [1.165, 1.54) is 7.11 Å². The molecule has 0 bridgehead atoms. The van der Waals surface area contributed by atoms with Crippen molar-refractivity contribution in [3.63, 3.8) is 0 Å². The summed E-state index contributed by atoms with van der Waals surface area (Å²) >= 11 is 0. The molecule has 0 saturated carbocycles. The minimum Gasteiger partial charge on any atom is -0.478 e. The molecule has 0 aliphatic rings. The maximum absolute atomic E-state index is 11.4. The predicted molar refractivity (Wildman–Crippen MR) is 58.8 cm³/mol. The van der Waals surface area contributed by atoms with E-state index in [9.17, 15) is 9.59 Å². The van der Waals surface area contributed by atoms with Crippen LogP contribution in [0.3, 0.4) is 0 Å². The molecule has 4 nitrogen and oxygen atoms in total. The van der Waals surface area contributed by atoms with Crippen molar-refractivity contribution < 1.29 is 19.4 Å². The molecule has 16 heavy (non-hydrogen) atoms. The summed E-state index contributed by atoms with van der Waals surface area (Å²) in [6, 6.07) is 7.01. The van der Waals surface area contributed by atoms with Crippen LogP contribution in [0.1, 0.15) is 11.1 Å². The molecule has 84 valence electrons. The number of esters is 1. The fraction of sp³-hybridized carbons (Fsp3) is 0.167. The van der Waals surface area contributed by atoms with Gasteiger partial charge in [-0.2, -0.15) is 0 Å². The lowest BCUT2D eigenvalue weighted by Gasteiger charge is -2.05. The first-order valence-corrected chi connectivity index (χ1v) is 4.64. The number of hydrogen-bond acceptors (Lipinski definition) is 3. The molecular formula is C12H12O4. The molecule has 0 saturated heterocycles. The highest BCUT2D eigenvalue weighted by Gasteiger charge is 2.13. The summed E-state index contributed by atoms with van der Waals surface area (Å²) in [6.45, 7) is 1.86. The SMILES string of the molecule is COC(=O)/C(=C\C(=O)O)c1cccc(C)c1. The van der Waals surface area contributed by atoms with E-state index in [1.54, 1.807) is 18.2 Å². The Morgan fingerprint density at radius 1 is 1.38 bits per heavy atom. The summed E-state index contributed by atoms with van der Waals surface area (Å²) in [4.78, 5) is 22.0. The maximum Gasteiger partial charge on any atom is 0.338 e. The third-order valence-electron chi connectivity index (χ3n) is 2.00. The predicted octanol–water partition coefficient (Wildman–Crippen LogP) is 1.64. The standard InChI is InChI=1S/C12H12O4/c1-8-4-3-5-9(6-8)10(7-11(13)14)12(15)16-2/h3-7H,1-2H3,(H,13,14)/b10-7-. The molecule has 0 heterocycles. The van der Waals surface area contributed by atoms with Gasteiger partial charge in [0.25, 0.3) is 0 Å². The lowest BCUT2D eigenvalue weighted by atomic mass is 10.0. The molecule has 0 aromatic heterocycles. The number of carboxylic acids is 1. The molecule has 0 aliphatic heterocycles. The maximum atomic E-state index is 11.4. The van der Waals surface area contributed by atoms with Crippen molar-refractivity contribution in [3.8, 4) is 0 Å². The van der Waals surface area contributed by atoms with Gasteiger partial charge in [0.05, 0.1) is 12.7 Å². The minimum atomic E-state index is -1.18. The van der Waals surface area contributed by atoms with Crippen molar-refractivity contribution in [1.29, 1.82) is 0 Å². The Labute approximate surface area is 93.2 Å². The molecule has 0 aliphatic carbocycles. The van der Waals surface area contributed by atoms with Gasteiger partial charge in [-0.3, -0.25) is 0 Å². The molecule has 0 atom stereocenters. The second-order valence-electron chi connectivity index (χ2n) is 3.26. The third-order valence-corrected chi connectivity index (χ3v) is 2.00. The van der Waals surface area contributed by atoms with Crippen LogP contribution in [0.25, 0.3) is 5.57 Å². The summed E-state index contributed by atoms with van der Waals surface area (Å²) in [7, 11) is 1.22. The highest BCUT2D eigenvalue weighted by molar-refractivity contribution is 6.20. The van der Waals surface area contributed by atoms with Gasteiger partial charge in [0.2, 0.25) is 0 Å². The van der Waals surface area contributed by atoms with E-state index >= 15 is 0 Å². The first-order valence-electron chi connectivity index (χ1n) is 4.64. The van der Waals surface area contributed by atoms with E-state index < -0.39 is 11.9 Å². The summed E-state index contributed by atoms with van der Waals surface area (Å²) in [5.74, 6) is -1.84. The average Bonchev–Trinajstić information content (AvgIpc) is 2.24. The van der Waals surface area contributed by atoms with Crippen LogP contribution >= 0.6 is 0 Å². The van der Waals surface area contributed by atoms with E-state index in [4.69, 9.17) is 5.11 Å². The number of carboxylic acid groups (broad SMARTS) is 1. The number of benzene rings is 1. The first kappa shape index (κ1) is 12.0. The van der Waals surface area contributed by atoms with E-state index in [0.717, 1.165) is 11.6 Å². The van der Waals surface area contributed by atoms with Crippen LogP contribution in [0.4, 0.5) is 0 Å². The Morgan fingerprint density at radius 2 is 2.06 bits per heavy atom. The third kappa shape index (κ3) is 2.95. The first-order chi connectivity index (χ1) is 7.54. The Kier molecular flexibility index (Phi) is 3.83. The van der Waals surface area contributed by atoms with Gasteiger partial charge in [-0.25, -0.2) is 9.59 Å². The van der Waals surface area contributed by atoms with E-state index in [1.807, 2.05) is 13.0 Å². The van der Waals surface area contributed by atoms with Gasteiger partial charge < -0.3 is 9.84 Å². The fourth-order valence-electron chi connectivity index (χ4n) is 1.31. The molecule has 0 unspecified atom stereocenters. The molecule has 1 aromatic rings. The summed E-state index contributed by atoms with van der Waals surface area (Å²) in [6.07, 6.45) is 0.848. The summed E-state index contributed by atoms with van der Waals surface area (Å²) < 4.78 is 4.54. The molecule has 4 heteroatoms. The topological polar surface area (TPSA) is 63.6 Å².